The Hall–Kier alpha value is -1.67. The van der Waals surface area contributed by atoms with Gasteiger partial charge in [0.1, 0.15) is 0 Å². The Morgan fingerprint density at radius 1 is 1.17 bits per heavy atom. The number of nitrogens with two attached hydrogens (primary N) is 1. The van der Waals surface area contributed by atoms with Crippen LogP contribution in [0.2, 0.25) is 0 Å². The first-order valence-electron chi connectivity index (χ1n) is 7.62. The van der Waals surface area contributed by atoms with Gasteiger partial charge in [0.25, 0.3) is 10.0 Å². The van der Waals surface area contributed by atoms with Gasteiger partial charge in [0.15, 0.2) is 0 Å². The van der Waals surface area contributed by atoms with Crippen LogP contribution < -0.4 is 5.73 Å². The fourth-order valence-corrected chi connectivity index (χ4v) is 4.15. The zero-order valence-corrected chi connectivity index (χ0v) is 13.7. The lowest BCUT2D eigenvalue weighted by Crippen LogP contribution is -2.45. The molecule has 2 heterocycles. The molecule has 1 saturated heterocycles. The van der Waals surface area contributed by atoms with Crippen LogP contribution in [0.1, 0.15) is 5.69 Å². The molecule has 0 saturated carbocycles. The molecule has 1 aliphatic rings. The predicted octanol–water partition coefficient (Wildman–Crippen LogP) is 0.885. The minimum absolute atomic E-state index is 0.0119. The van der Waals surface area contributed by atoms with Crippen molar-refractivity contribution in [3.05, 3.63) is 54.4 Å². The third-order valence-electron chi connectivity index (χ3n) is 3.96. The molecule has 0 spiro atoms. The zero-order valence-electron chi connectivity index (χ0n) is 12.8. The summed E-state index contributed by atoms with van der Waals surface area (Å²) in [4.78, 5) is 2.46. The standard InChI is InChI=1S/C16H21N3O3S/c17-11-15-13-18(9-10-22-15)12-14-5-4-8-19(14)23(20,21)16-6-2-1-3-7-16/h1-8,15H,9-13,17H2. The quantitative estimate of drug-likeness (QED) is 0.878. The third kappa shape index (κ3) is 3.48. The number of rotatable bonds is 5. The maximum atomic E-state index is 12.8. The summed E-state index contributed by atoms with van der Waals surface area (Å²) in [5.41, 5.74) is 6.40. The van der Waals surface area contributed by atoms with Crippen molar-refractivity contribution < 1.29 is 13.2 Å². The van der Waals surface area contributed by atoms with E-state index >= 15 is 0 Å². The van der Waals surface area contributed by atoms with Gasteiger partial charge in [-0.25, -0.2) is 12.4 Å². The van der Waals surface area contributed by atoms with Gasteiger partial charge in [-0.15, -0.1) is 0 Å². The summed E-state index contributed by atoms with van der Waals surface area (Å²) in [6.45, 7) is 3.13. The highest BCUT2D eigenvalue weighted by atomic mass is 32.2. The maximum absolute atomic E-state index is 12.8. The Bertz CT molecular complexity index is 743. The highest BCUT2D eigenvalue weighted by Gasteiger charge is 2.23. The number of hydrogen-bond donors (Lipinski definition) is 1. The summed E-state index contributed by atoms with van der Waals surface area (Å²) < 4.78 is 32.5. The molecule has 1 aromatic heterocycles. The van der Waals surface area contributed by atoms with Crippen LogP contribution in [0, 0.1) is 0 Å². The second-order valence-corrected chi connectivity index (χ2v) is 7.39. The maximum Gasteiger partial charge on any atom is 0.267 e. The average molecular weight is 335 g/mol. The fourth-order valence-electron chi connectivity index (χ4n) is 2.76. The molecular weight excluding hydrogens is 314 g/mol. The molecule has 7 heteroatoms. The van der Waals surface area contributed by atoms with Crippen LogP contribution in [-0.4, -0.2) is 49.6 Å². The first-order valence-corrected chi connectivity index (χ1v) is 9.06. The zero-order chi connectivity index (χ0) is 16.3. The Morgan fingerprint density at radius 3 is 2.70 bits per heavy atom. The molecule has 1 atom stereocenters. The van der Waals surface area contributed by atoms with Crippen molar-refractivity contribution in [1.82, 2.24) is 8.87 Å². The van der Waals surface area contributed by atoms with E-state index in [4.69, 9.17) is 10.5 Å². The van der Waals surface area contributed by atoms with Crippen molar-refractivity contribution in [3.63, 3.8) is 0 Å². The molecule has 23 heavy (non-hydrogen) atoms. The second kappa shape index (κ2) is 6.84. The van der Waals surface area contributed by atoms with Crippen LogP contribution in [0.15, 0.2) is 53.6 Å². The summed E-state index contributed by atoms with van der Waals surface area (Å²) >= 11 is 0. The van der Waals surface area contributed by atoms with Crippen molar-refractivity contribution in [3.8, 4) is 0 Å². The topological polar surface area (TPSA) is 77.6 Å². The van der Waals surface area contributed by atoms with Crippen molar-refractivity contribution >= 4 is 10.0 Å². The first kappa shape index (κ1) is 16.2. The minimum atomic E-state index is -3.56. The molecule has 0 aliphatic carbocycles. The van der Waals surface area contributed by atoms with Gasteiger partial charge in [0, 0.05) is 38.1 Å². The highest BCUT2D eigenvalue weighted by Crippen LogP contribution is 2.18. The van der Waals surface area contributed by atoms with Gasteiger partial charge >= 0.3 is 0 Å². The number of ether oxygens (including phenoxy) is 1. The molecule has 0 radical (unpaired) electrons. The summed E-state index contributed by atoms with van der Waals surface area (Å²) in [6.07, 6.45) is 1.61. The van der Waals surface area contributed by atoms with Gasteiger partial charge in [-0.1, -0.05) is 18.2 Å². The molecule has 0 amide bonds. The summed E-state index contributed by atoms with van der Waals surface area (Å²) in [7, 11) is -3.56. The molecule has 0 bridgehead atoms. The minimum Gasteiger partial charge on any atom is -0.374 e. The number of aromatic nitrogens is 1. The van der Waals surface area contributed by atoms with E-state index in [2.05, 4.69) is 4.90 Å². The van der Waals surface area contributed by atoms with Gasteiger partial charge in [0.2, 0.25) is 0 Å². The van der Waals surface area contributed by atoms with E-state index < -0.39 is 10.0 Å². The number of morpholine rings is 1. The summed E-state index contributed by atoms with van der Waals surface area (Å²) in [5, 5.41) is 0. The van der Waals surface area contributed by atoms with E-state index in [-0.39, 0.29) is 6.10 Å². The summed E-state index contributed by atoms with van der Waals surface area (Å²) in [5.74, 6) is 0. The van der Waals surface area contributed by atoms with E-state index in [1.54, 1.807) is 42.6 Å². The molecule has 2 N–H and O–H groups in total. The Kier molecular flexibility index (Phi) is 4.82. The SMILES string of the molecule is NCC1CN(Cc2cccn2S(=O)(=O)c2ccccc2)CCO1. The van der Waals surface area contributed by atoms with Crippen LogP contribution in [0.5, 0.6) is 0 Å². The van der Waals surface area contributed by atoms with E-state index in [0.29, 0.717) is 31.1 Å². The second-order valence-electron chi connectivity index (χ2n) is 5.58. The van der Waals surface area contributed by atoms with E-state index in [9.17, 15) is 8.42 Å². The molecular formula is C16H21N3O3S. The lowest BCUT2D eigenvalue weighted by molar-refractivity contribution is -0.0264. The normalized spacial score (nSPS) is 19.8. The van der Waals surface area contributed by atoms with Crippen LogP contribution in [0.25, 0.3) is 0 Å². The summed E-state index contributed by atoms with van der Waals surface area (Å²) in [6, 6.07) is 12.1. The number of benzene rings is 1. The lowest BCUT2D eigenvalue weighted by atomic mass is 10.2. The van der Waals surface area contributed by atoms with Crippen LogP contribution >= 0.6 is 0 Å². The fraction of sp³-hybridized carbons (Fsp3) is 0.375. The van der Waals surface area contributed by atoms with E-state index in [1.807, 2.05) is 6.07 Å². The van der Waals surface area contributed by atoms with E-state index in [0.717, 1.165) is 12.2 Å². The average Bonchev–Trinajstić information content (AvgIpc) is 3.05. The van der Waals surface area contributed by atoms with Gasteiger partial charge < -0.3 is 10.5 Å². The Balaban J connectivity index is 1.83. The monoisotopic (exact) mass is 335 g/mol. The molecule has 1 fully saturated rings. The van der Waals surface area contributed by atoms with Gasteiger partial charge in [-0.2, -0.15) is 0 Å². The highest BCUT2D eigenvalue weighted by molar-refractivity contribution is 7.90. The molecule has 2 aromatic rings. The van der Waals surface area contributed by atoms with Gasteiger partial charge in [-0.05, 0) is 24.3 Å². The molecule has 6 nitrogen and oxygen atoms in total. The number of hydrogen-bond acceptors (Lipinski definition) is 5. The van der Waals surface area contributed by atoms with Crippen LogP contribution in [0.3, 0.4) is 0 Å². The Labute approximate surface area is 136 Å². The van der Waals surface area contributed by atoms with Gasteiger partial charge in [0.05, 0.1) is 17.6 Å². The van der Waals surface area contributed by atoms with Crippen LogP contribution in [0.4, 0.5) is 0 Å². The predicted molar refractivity (Wildman–Crippen MR) is 87.5 cm³/mol. The molecule has 1 aliphatic heterocycles. The smallest absolute Gasteiger partial charge is 0.267 e. The lowest BCUT2D eigenvalue weighted by Gasteiger charge is -2.32. The van der Waals surface area contributed by atoms with Crippen LogP contribution in [-0.2, 0) is 21.3 Å². The van der Waals surface area contributed by atoms with E-state index in [1.165, 1.54) is 3.97 Å². The molecule has 124 valence electrons. The Morgan fingerprint density at radius 2 is 1.96 bits per heavy atom. The number of nitrogens with zero attached hydrogens (tertiary/aromatic N) is 2. The largest absolute Gasteiger partial charge is 0.374 e. The van der Waals surface area contributed by atoms with Gasteiger partial charge in [-0.3, -0.25) is 4.90 Å². The molecule has 1 aromatic carbocycles. The first-order chi connectivity index (χ1) is 11.1. The van der Waals surface area contributed by atoms with Crippen molar-refractivity contribution in [1.29, 1.82) is 0 Å². The van der Waals surface area contributed by atoms with Crippen molar-refractivity contribution in [2.24, 2.45) is 5.73 Å². The molecule has 1 unspecified atom stereocenters. The molecule has 3 rings (SSSR count). The third-order valence-corrected chi connectivity index (χ3v) is 5.71. The van der Waals surface area contributed by atoms with Crippen molar-refractivity contribution in [2.45, 2.75) is 17.5 Å². The van der Waals surface area contributed by atoms with Crippen molar-refractivity contribution in [2.75, 3.05) is 26.2 Å².